The van der Waals surface area contributed by atoms with Gasteiger partial charge in [-0.25, -0.2) is 0 Å². The molecule has 1 aromatic rings. The summed E-state index contributed by atoms with van der Waals surface area (Å²) in [6.45, 7) is 8.81. The Morgan fingerprint density at radius 3 is 1.91 bits per heavy atom. The molecule has 0 bridgehead atoms. The maximum Gasteiger partial charge on any atom is 0.105 e. The minimum Gasteiger partial charge on any atom is -0.0828 e. The molecule has 1 heterocycles. The third-order valence-electron chi connectivity index (χ3n) is 1.53. The first-order valence-corrected chi connectivity index (χ1v) is 6.09. The Hall–Kier alpha value is 0.270. The standard InChI is InChI=1S/C8H12S3/c1-5-6(8(2,3)4)10-11-7(5)9/h1-4H3. The lowest BCUT2D eigenvalue weighted by molar-refractivity contribution is 0.600. The van der Waals surface area contributed by atoms with Gasteiger partial charge in [-0.1, -0.05) is 53.7 Å². The fourth-order valence-electron chi connectivity index (χ4n) is 0.985. The van der Waals surface area contributed by atoms with Gasteiger partial charge in [0.1, 0.15) is 3.82 Å². The highest BCUT2D eigenvalue weighted by molar-refractivity contribution is 7.79. The summed E-state index contributed by atoms with van der Waals surface area (Å²) >= 11 is 5.17. The summed E-state index contributed by atoms with van der Waals surface area (Å²) in [6, 6.07) is 0. The van der Waals surface area contributed by atoms with Crippen molar-refractivity contribution >= 4 is 32.9 Å². The fraction of sp³-hybridized carbons (Fsp3) is 0.625. The smallest absolute Gasteiger partial charge is 0.0828 e. The molecule has 1 aromatic heterocycles. The summed E-state index contributed by atoms with van der Waals surface area (Å²) in [4.78, 5) is 1.44. The molecule has 0 spiro atoms. The summed E-state index contributed by atoms with van der Waals surface area (Å²) in [5, 5.41) is 0. The molecule has 0 aliphatic rings. The Kier molecular flexibility index (Phi) is 2.52. The van der Waals surface area contributed by atoms with Crippen LogP contribution in [0.5, 0.6) is 0 Å². The van der Waals surface area contributed by atoms with E-state index in [0.29, 0.717) is 0 Å². The summed E-state index contributed by atoms with van der Waals surface area (Å²) in [7, 11) is 3.53. The van der Waals surface area contributed by atoms with E-state index in [2.05, 4.69) is 27.7 Å². The van der Waals surface area contributed by atoms with Crippen molar-refractivity contribution in [3.63, 3.8) is 0 Å². The van der Waals surface area contributed by atoms with Crippen molar-refractivity contribution in [2.75, 3.05) is 0 Å². The average Bonchev–Trinajstić information content (AvgIpc) is 2.11. The van der Waals surface area contributed by atoms with Gasteiger partial charge in [0, 0.05) is 4.88 Å². The van der Waals surface area contributed by atoms with Crippen molar-refractivity contribution in [2.45, 2.75) is 33.1 Å². The third kappa shape index (κ3) is 1.89. The van der Waals surface area contributed by atoms with Gasteiger partial charge in [-0.15, -0.1) is 0 Å². The van der Waals surface area contributed by atoms with E-state index in [-0.39, 0.29) is 5.41 Å². The van der Waals surface area contributed by atoms with E-state index in [4.69, 9.17) is 12.2 Å². The van der Waals surface area contributed by atoms with Crippen molar-refractivity contribution in [3.05, 3.63) is 14.3 Å². The molecule has 0 aliphatic carbocycles. The second kappa shape index (κ2) is 2.96. The highest BCUT2D eigenvalue weighted by atomic mass is 32.9. The van der Waals surface area contributed by atoms with Gasteiger partial charge in [0.25, 0.3) is 0 Å². The lowest BCUT2D eigenvalue weighted by Gasteiger charge is -2.16. The minimum absolute atomic E-state index is 0.266. The lowest BCUT2D eigenvalue weighted by Crippen LogP contribution is -2.09. The first-order chi connectivity index (χ1) is 4.93. The Morgan fingerprint density at radius 2 is 1.73 bits per heavy atom. The molecule has 0 amide bonds. The molecule has 0 aromatic carbocycles. The lowest BCUT2D eigenvalue weighted by atomic mass is 9.93. The van der Waals surface area contributed by atoms with E-state index in [9.17, 15) is 0 Å². The zero-order valence-corrected chi connectivity index (χ0v) is 9.67. The van der Waals surface area contributed by atoms with Gasteiger partial charge in [0.15, 0.2) is 0 Å². The predicted molar refractivity (Wildman–Crippen MR) is 56.5 cm³/mol. The van der Waals surface area contributed by atoms with E-state index < -0.39 is 0 Å². The van der Waals surface area contributed by atoms with Crippen LogP contribution >= 0.6 is 32.9 Å². The minimum atomic E-state index is 0.266. The predicted octanol–water partition coefficient (Wildman–Crippen LogP) is 4.15. The van der Waals surface area contributed by atoms with Crippen molar-refractivity contribution in [2.24, 2.45) is 0 Å². The van der Waals surface area contributed by atoms with Crippen LogP contribution in [-0.2, 0) is 5.41 Å². The SMILES string of the molecule is Cc1c(C(C)(C)C)ssc1=S. The Morgan fingerprint density at radius 1 is 1.18 bits per heavy atom. The topological polar surface area (TPSA) is 0 Å². The van der Waals surface area contributed by atoms with Gasteiger partial charge >= 0.3 is 0 Å². The van der Waals surface area contributed by atoms with E-state index in [1.807, 2.05) is 10.3 Å². The van der Waals surface area contributed by atoms with Gasteiger partial charge in [-0.3, -0.25) is 0 Å². The summed E-state index contributed by atoms with van der Waals surface area (Å²) in [6.07, 6.45) is 0. The van der Waals surface area contributed by atoms with Crippen molar-refractivity contribution in [3.8, 4) is 0 Å². The highest BCUT2D eigenvalue weighted by Gasteiger charge is 2.18. The largest absolute Gasteiger partial charge is 0.105 e. The molecule has 0 saturated heterocycles. The molecule has 1 rings (SSSR count). The maximum atomic E-state index is 5.17. The Bertz CT molecular complexity index is 298. The average molecular weight is 204 g/mol. The molecular formula is C8H12S3. The van der Waals surface area contributed by atoms with Gasteiger partial charge in [-0.2, -0.15) is 0 Å². The second-order valence-corrected chi connectivity index (χ2v) is 6.47. The molecule has 0 radical (unpaired) electrons. The van der Waals surface area contributed by atoms with Gasteiger partial charge in [-0.05, 0) is 17.9 Å². The van der Waals surface area contributed by atoms with Gasteiger partial charge in [0.2, 0.25) is 0 Å². The molecule has 62 valence electrons. The van der Waals surface area contributed by atoms with Crippen LogP contribution in [0.1, 0.15) is 31.2 Å². The van der Waals surface area contributed by atoms with Crippen LogP contribution in [0.3, 0.4) is 0 Å². The van der Waals surface area contributed by atoms with Crippen LogP contribution < -0.4 is 0 Å². The van der Waals surface area contributed by atoms with E-state index >= 15 is 0 Å². The molecule has 0 saturated carbocycles. The molecule has 11 heavy (non-hydrogen) atoms. The van der Waals surface area contributed by atoms with E-state index in [1.165, 1.54) is 10.4 Å². The Balaban J connectivity index is 3.26. The first kappa shape index (κ1) is 9.36. The van der Waals surface area contributed by atoms with Crippen LogP contribution in [0, 0.1) is 10.7 Å². The van der Waals surface area contributed by atoms with E-state index in [0.717, 1.165) is 3.82 Å². The highest BCUT2D eigenvalue weighted by Crippen LogP contribution is 2.34. The summed E-state index contributed by atoms with van der Waals surface area (Å²) in [5.41, 5.74) is 1.57. The van der Waals surface area contributed by atoms with Crippen molar-refractivity contribution < 1.29 is 0 Å². The molecule has 0 N–H and O–H groups in total. The molecule has 0 atom stereocenters. The van der Waals surface area contributed by atoms with Crippen LogP contribution in [0.2, 0.25) is 0 Å². The zero-order valence-electron chi connectivity index (χ0n) is 7.22. The van der Waals surface area contributed by atoms with Crippen molar-refractivity contribution in [1.29, 1.82) is 0 Å². The third-order valence-corrected chi connectivity index (χ3v) is 5.28. The van der Waals surface area contributed by atoms with Crippen LogP contribution in [-0.4, -0.2) is 0 Å². The van der Waals surface area contributed by atoms with Crippen molar-refractivity contribution in [1.82, 2.24) is 0 Å². The Labute approximate surface area is 80.3 Å². The van der Waals surface area contributed by atoms with Crippen LogP contribution in [0.4, 0.5) is 0 Å². The second-order valence-electron chi connectivity index (χ2n) is 3.66. The van der Waals surface area contributed by atoms with Crippen LogP contribution in [0.15, 0.2) is 0 Å². The van der Waals surface area contributed by atoms with Crippen LogP contribution in [0.25, 0.3) is 0 Å². The molecule has 0 fully saturated rings. The molecule has 0 unspecified atom stereocenters. The number of hydrogen-bond acceptors (Lipinski definition) is 3. The molecule has 0 nitrogen and oxygen atoms in total. The molecule has 3 heteroatoms. The summed E-state index contributed by atoms with van der Waals surface area (Å²) < 4.78 is 1.06. The molecular weight excluding hydrogens is 192 g/mol. The quantitative estimate of drug-likeness (QED) is 0.452. The zero-order chi connectivity index (χ0) is 8.65. The normalized spacial score (nSPS) is 12.0. The fourth-order valence-corrected chi connectivity index (χ4v) is 4.36. The summed E-state index contributed by atoms with van der Waals surface area (Å²) in [5.74, 6) is 0. The number of rotatable bonds is 0. The first-order valence-electron chi connectivity index (χ1n) is 3.53. The number of hydrogen-bond donors (Lipinski definition) is 0. The van der Waals surface area contributed by atoms with Gasteiger partial charge < -0.3 is 0 Å². The van der Waals surface area contributed by atoms with Gasteiger partial charge in [0.05, 0.1) is 0 Å². The maximum absolute atomic E-state index is 5.17. The molecule has 0 aliphatic heterocycles. The van der Waals surface area contributed by atoms with E-state index in [1.54, 1.807) is 10.3 Å². The monoisotopic (exact) mass is 204 g/mol.